The molecule has 0 fully saturated rings. The molecule has 0 saturated heterocycles. The minimum atomic E-state index is -0.711. The minimum Gasteiger partial charge on any atom is -0.386 e. The highest BCUT2D eigenvalue weighted by atomic mass is 16.3. The highest BCUT2D eigenvalue weighted by Crippen LogP contribution is 2.31. The van der Waals surface area contributed by atoms with Gasteiger partial charge in [0.25, 0.3) is 0 Å². The Balaban J connectivity index is 4.43. The molecule has 1 heteroatoms. The molecule has 12 heavy (non-hydrogen) atoms. The predicted octanol–water partition coefficient (Wildman–Crippen LogP) is 3.00. The predicted molar refractivity (Wildman–Crippen MR) is 54.1 cm³/mol. The van der Waals surface area contributed by atoms with Crippen LogP contribution < -0.4 is 0 Å². The van der Waals surface area contributed by atoms with E-state index in [0.29, 0.717) is 5.92 Å². The van der Waals surface area contributed by atoms with Gasteiger partial charge in [0.15, 0.2) is 0 Å². The molecule has 0 saturated carbocycles. The van der Waals surface area contributed by atoms with E-state index in [1.54, 1.807) is 0 Å². The lowest BCUT2D eigenvalue weighted by Gasteiger charge is -2.34. The van der Waals surface area contributed by atoms with Crippen LogP contribution in [0.5, 0.6) is 0 Å². The highest BCUT2D eigenvalue weighted by Gasteiger charge is 2.32. The van der Waals surface area contributed by atoms with Gasteiger partial charge >= 0.3 is 0 Å². The first-order valence-electron chi connectivity index (χ1n) is 4.58. The van der Waals surface area contributed by atoms with Crippen LogP contribution >= 0.6 is 0 Å². The maximum atomic E-state index is 10.0. The van der Waals surface area contributed by atoms with Crippen molar-refractivity contribution >= 4 is 0 Å². The molecule has 0 spiro atoms. The van der Waals surface area contributed by atoms with Gasteiger partial charge in [0.05, 0.1) is 5.60 Å². The second-order valence-electron chi connectivity index (χ2n) is 5.00. The molecule has 0 radical (unpaired) electrons. The van der Waals surface area contributed by atoms with Crippen LogP contribution in [0.15, 0.2) is 12.2 Å². The second kappa shape index (κ2) is 3.61. The molecule has 0 aromatic heterocycles. The molecule has 0 aliphatic heterocycles. The fourth-order valence-electron chi connectivity index (χ4n) is 0.630. The maximum absolute atomic E-state index is 10.0. The number of hydrogen-bond acceptors (Lipinski definition) is 1. The topological polar surface area (TPSA) is 20.2 Å². The molecule has 0 aromatic carbocycles. The van der Waals surface area contributed by atoms with Crippen molar-refractivity contribution < 1.29 is 5.11 Å². The average molecular weight is 170 g/mol. The summed E-state index contributed by atoms with van der Waals surface area (Å²) in [6.07, 6.45) is 3.95. The van der Waals surface area contributed by atoms with Gasteiger partial charge < -0.3 is 5.11 Å². The van der Waals surface area contributed by atoms with E-state index in [9.17, 15) is 5.11 Å². The SMILES string of the molecule is CC(C)/C=C/C(C)(O)C(C)(C)C. The Morgan fingerprint density at radius 3 is 1.75 bits per heavy atom. The zero-order valence-electron chi connectivity index (χ0n) is 9.18. The molecule has 1 N–H and O–H groups in total. The number of aliphatic hydroxyl groups is 1. The summed E-state index contributed by atoms with van der Waals surface area (Å²) in [5, 5.41) is 10.0. The van der Waals surface area contributed by atoms with Gasteiger partial charge in [0.2, 0.25) is 0 Å². The van der Waals surface area contributed by atoms with Crippen LogP contribution in [0.1, 0.15) is 41.5 Å². The van der Waals surface area contributed by atoms with Crippen molar-refractivity contribution in [2.75, 3.05) is 0 Å². The van der Waals surface area contributed by atoms with Crippen LogP contribution in [0, 0.1) is 11.3 Å². The Labute approximate surface area is 76.5 Å². The van der Waals surface area contributed by atoms with Gasteiger partial charge in [-0.3, -0.25) is 0 Å². The summed E-state index contributed by atoms with van der Waals surface area (Å²) in [7, 11) is 0. The summed E-state index contributed by atoms with van der Waals surface area (Å²) >= 11 is 0. The monoisotopic (exact) mass is 170 g/mol. The first-order valence-corrected chi connectivity index (χ1v) is 4.58. The average Bonchev–Trinajstić information content (AvgIpc) is 1.81. The van der Waals surface area contributed by atoms with E-state index in [1.807, 2.05) is 39.8 Å². The molecule has 72 valence electrons. The highest BCUT2D eigenvalue weighted by molar-refractivity contribution is 5.05. The lowest BCUT2D eigenvalue weighted by Crippen LogP contribution is -2.37. The zero-order valence-corrected chi connectivity index (χ0v) is 9.18. The van der Waals surface area contributed by atoms with E-state index < -0.39 is 5.60 Å². The van der Waals surface area contributed by atoms with Gasteiger partial charge in [-0.1, -0.05) is 46.8 Å². The third-order valence-electron chi connectivity index (χ3n) is 2.32. The summed E-state index contributed by atoms with van der Waals surface area (Å²) in [6.45, 7) is 12.2. The largest absolute Gasteiger partial charge is 0.386 e. The summed E-state index contributed by atoms with van der Waals surface area (Å²) in [4.78, 5) is 0. The molecule has 0 heterocycles. The Bertz CT molecular complexity index is 158. The third-order valence-corrected chi connectivity index (χ3v) is 2.32. The van der Waals surface area contributed by atoms with Crippen LogP contribution in [0.25, 0.3) is 0 Å². The Morgan fingerprint density at radius 2 is 1.50 bits per heavy atom. The second-order valence-corrected chi connectivity index (χ2v) is 5.00. The summed E-state index contributed by atoms with van der Waals surface area (Å²) in [6, 6.07) is 0. The minimum absolute atomic E-state index is 0.0988. The summed E-state index contributed by atoms with van der Waals surface area (Å²) in [5.41, 5.74) is -0.810. The smallest absolute Gasteiger partial charge is 0.0847 e. The first-order chi connectivity index (χ1) is 5.17. The molecule has 0 aromatic rings. The lowest BCUT2D eigenvalue weighted by atomic mass is 9.77. The molecule has 0 aliphatic carbocycles. The van der Waals surface area contributed by atoms with Crippen molar-refractivity contribution in [2.45, 2.75) is 47.1 Å². The van der Waals surface area contributed by atoms with E-state index in [4.69, 9.17) is 0 Å². The molecule has 0 rings (SSSR count). The standard InChI is InChI=1S/C11H22O/c1-9(2)7-8-11(6,12)10(3,4)5/h7-9,12H,1-6H3/b8-7+. The number of allylic oxidation sites excluding steroid dienone is 1. The molecule has 1 atom stereocenters. The Kier molecular flexibility index (Phi) is 3.52. The van der Waals surface area contributed by atoms with E-state index in [2.05, 4.69) is 13.8 Å². The van der Waals surface area contributed by atoms with Gasteiger partial charge in [-0.15, -0.1) is 0 Å². The Morgan fingerprint density at radius 1 is 1.08 bits per heavy atom. The zero-order chi connectivity index (χ0) is 9.99. The van der Waals surface area contributed by atoms with Crippen molar-refractivity contribution in [3.63, 3.8) is 0 Å². The van der Waals surface area contributed by atoms with Crippen LogP contribution in [0.4, 0.5) is 0 Å². The van der Waals surface area contributed by atoms with E-state index in [0.717, 1.165) is 0 Å². The molecule has 0 amide bonds. The quantitative estimate of drug-likeness (QED) is 0.632. The molecule has 1 nitrogen and oxygen atoms in total. The molecule has 0 aliphatic rings. The normalized spacial score (nSPS) is 18.7. The number of hydrogen-bond donors (Lipinski definition) is 1. The van der Waals surface area contributed by atoms with Gasteiger partial charge in [0, 0.05) is 0 Å². The van der Waals surface area contributed by atoms with Crippen LogP contribution in [-0.4, -0.2) is 10.7 Å². The van der Waals surface area contributed by atoms with Crippen molar-refractivity contribution in [2.24, 2.45) is 11.3 Å². The van der Waals surface area contributed by atoms with Gasteiger partial charge in [0.1, 0.15) is 0 Å². The van der Waals surface area contributed by atoms with E-state index in [1.165, 1.54) is 0 Å². The van der Waals surface area contributed by atoms with Gasteiger partial charge in [-0.2, -0.15) is 0 Å². The van der Waals surface area contributed by atoms with E-state index >= 15 is 0 Å². The molecular formula is C11H22O. The van der Waals surface area contributed by atoms with Gasteiger partial charge in [-0.25, -0.2) is 0 Å². The van der Waals surface area contributed by atoms with E-state index in [-0.39, 0.29) is 5.41 Å². The fraction of sp³-hybridized carbons (Fsp3) is 0.818. The molecular weight excluding hydrogens is 148 g/mol. The molecule has 0 bridgehead atoms. The molecule has 1 unspecified atom stereocenters. The fourth-order valence-corrected chi connectivity index (χ4v) is 0.630. The number of rotatable bonds is 2. The maximum Gasteiger partial charge on any atom is 0.0847 e. The van der Waals surface area contributed by atoms with Gasteiger partial charge in [-0.05, 0) is 18.3 Å². The lowest BCUT2D eigenvalue weighted by molar-refractivity contribution is 0.00324. The van der Waals surface area contributed by atoms with Crippen molar-refractivity contribution in [1.82, 2.24) is 0 Å². The summed E-state index contributed by atoms with van der Waals surface area (Å²) < 4.78 is 0. The van der Waals surface area contributed by atoms with Crippen molar-refractivity contribution in [3.8, 4) is 0 Å². The van der Waals surface area contributed by atoms with Crippen LogP contribution in [0.3, 0.4) is 0 Å². The Hall–Kier alpha value is -0.300. The van der Waals surface area contributed by atoms with Crippen molar-refractivity contribution in [1.29, 1.82) is 0 Å². The first kappa shape index (κ1) is 11.7. The van der Waals surface area contributed by atoms with Crippen molar-refractivity contribution in [3.05, 3.63) is 12.2 Å². The van der Waals surface area contributed by atoms with Crippen LogP contribution in [0.2, 0.25) is 0 Å². The van der Waals surface area contributed by atoms with Crippen LogP contribution in [-0.2, 0) is 0 Å². The third kappa shape index (κ3) is 3.40. The summed E-state index contributed by atoms with van der Waals surface area (Å²) in [5.74, 6) is 0.499.